The Hall–Kier alpha value is -2.73. The maximum atomic E-state index is 12.8. The van der Waals surface area contributed by atoms with E-state index in [1.165, 1.54) is 0 Å². The first-order valence-corrected chi connectivity index (χ1v) is 11.2. The third-order valence-electron chi connectivity index (χ3n) is 7.07. The van der Waals surface area contributed by atoms with Crippen LogP contribution >= 0.6 is 0 Å². The molecular weight excluding hydrogens is 392 g/mol. The number of benzene rings is 2. The molecule has 3 fully saturated rings. The van der Waals surface area contributed by atoms with Gasteiger partial charge < -0.3 is 19.5 Å². The Labute approximate surface area is 183 Å². The number of nitrogens with one attached hydrogen (secondary N) is 1. The first-order chi connectivity index (χ1) is 15.0. The Morgan fingerprint density at radius 1 is 1.16 bits per heavy atom. The Morgan fingerprint density at radius 3 is 2.71 bits per heavy atom. The first kappa shape index (κ1) is 20.2. The number of carbonyl (C=O) groups excluding carboxylic acids is 1. The number of alkyl carbamates (subject to hydrolysis) is 1. The van der Waals surface area contributed by atoms with Crippen LogP contribution in [-0.4, -0.2) is 50.4 Å². The SMILES string of the molecule is COc1cccc(-c2ccc3c(c2)OCCC3(C)NC(=O)O[C@H]2CN3CCC2CC3)c1. The summed E-state index contributed by atoms with van der Waals surface area (Å²) in [6, 6.07) is 14.1. The van der Waals surface area contributed by atoms with Crippen LogP contribution in [0.25, 0.3) is 11.1 Å². The summed E-state index contributed by atoms with van der Waals surface area (Å²) in [5, 5.41) is 3.16. The molecule has 31 heavy (non-hydrogen) atoms. The first-order valence-electron chi connectivity index (χ1n) is 11.2. The summed E-state index contributed by atoms with van der Waals surface area (Å²) in [5.74, 6) is 2.12. The summed E-state index contributed by atoms with van der Waals surface area (Å²) in [7, 11) is 1.67. The van der Waals surface area contributed by atoms with Gasteiger partial charge >= 0.3 is 6.09 Å². The van der Waals surface area contributed by atoms with E-state index in [0.717, 1.165) is 60.7 Å². The van der Waals surface area contributed by atoms with Crippen LogP contribution in [-0.2, 0) is 10.3 Å². The van der Waals surface area contributed by atoms with Crippen LogP contribution in [0.2, 0.25) is 0 Å². The van der Waals surface area contributed by atoms with E-state index in [9.17, 15) is 4.79 Å². The average Bonchev–Trinajstić information content (AvgIpc) is 2.79. The van der Waals surface area contributed by atoms with Crippen LogP contribution in [0.4, 0.5) is 4.79 Å². The van der Waals surface area contributed by atoms with Crippen LogP contribution in [0, 0.1) is 5.92 Å². The van der Waals surface area contributed by atoms with Crippen molar-refractivity contribution in [3.05, 3.63) is 48.0 Å². The molecule has 2 aromatic rings. The number of piperidine rings is 3. The second kappa shape index (κ2) is 8.08. The number of hydrogen-bond donors (Lipinski definition) is 1. The molecule has 1 amide bonds. The van der Waals surface area contributed by atoms with Gasteiger partial charge in [-0.05, 0) is 68.1 Å². The lowest BCUT2D eigenvalue weighted by Crippen LogP contribution is -2.54. The van der Waals surface area contributed by atoms with E-state index < -0.39 is 5.54 Å². The smallest absolute Gasteiger partial charge is 0.408 e. The molecule has 2 atom stereocenters. The summed E-state index contributed by atoms with van der Waals surface area (Å²) in [6.07, 6.45) is 2.62. The van der Waals surface area contributed by atoms with Gasteiger partial charge in [0, 0.05) is 18.5 Å². The molecule has 1 N–H and O–H groups in total. The zero-order valence-electron chi connectivity index (χ0n) is 18.2. The number of methoxy groups -OCH3 is 1. The zero-order valence-corrected chi connectivity index (χ0v) is 18.2. The van der Waals surface area contributed by atoms with Crippen molar-refractivity contribution >= 4 is 6.09 Å². The minimum Gasteiger partial charge on any atom is -0.497 e. The minimum absolute atomic E-state index is 0.000785. The predicted octanol–water partition coefficient (Wildman–Crippen LogP) is 4.18. The molecule has 6 rings (SSSR count). The lowest BCUT2D eigenvalue weighted by atomic mass is 9.85. The Balaban J connectivity index is 1.33. The maximum Gasteiger partial charge on any atom is 0.408 e. The van der Waals surface area contributed by atoms with Gasteiger partial charge in [0.05, 0.1) is 19.3 Å². The molecule has 3 saturated heterocycles. The highest BCUT2D eigenvalue weighted by Crippen LogP contribution is 2.40. The van der Waals surface area contributed by atoms with Gasteiger partial charge in [-0.1, -0.05) is 24.3 Å². The third kappa shape index (κ3) is 3.97. The summed E-state index contributed by atoms with van der Waals surface area (Å²) in [6.45, 7) is 5.72. The van der Waals surface area contributed by atoms with Crippen molar-refractivity contribution in [2.75, 3.05) is 33.4 Å². The predicted molar refractivity (Wildman–Crippen MR) is 118 cm³/mol. The van der Waals surface area contributed by atoms with Gasteiger partial charge in [0.2, 0.25) is 0 Å². The molecule has 0 aliphatic carbocycles. The third-order valence-corrected chi connectivity index (χ3v) is 7.07. The van der Waals surface area contributed by atoms with Crippen LogP contribution in [0.5, 0.6) is 11.5 Å². The molecule has 0 saturated carbocycles. The number of fused-ring (bicyclic) bond motifs is 4. The highest BCUT2D eigenvalue weighted by atomic mass is 16.6. The molecule has 0 radical (unpaired) electrons. The molecule has 0 aromatic heterocycles. The average molecular weight is 423 g/mol. The summed E-state index contributed by atoms with van der Waals surface area (Å²) >= 11 is 0. The van der Waals surface area contributed by atoms with Crippen molar-refractivity contribution in [3.8, 4) is 22.6 Å². The van der Waals surface area contributed by atoms with Gasteiger partial charge in [-0.2, -0.15) is 0 Å². The van der Waals surface area contributed by atoms with Crippen molar-refractivity contribution in [2.24, 2.45) is 5.92 Å². The second-order valence-electron chi connectivity index (χ2n) is 9.08. The molecule has 1 unspecified atom stereocenters. The molecule has 2 aromatic carbocycles. The summed E-state index contributed by atoms with van der Waals surface area (Å²) < 4.78 is 17.2. The molecule has 0 spiro atoms. The topological polar surface area (TPSA) is 60.0 Å². The monoisotopic (exact) mass is 422 g/mol. The van der Waals surface area contributed by atoms with Crippen molar-refractivity contribution < 1.29 is 19.0 Å². The molecule has 4 heterocycles. The van der Waals surface area contributed by atoms with E-state index >= 15 is 0 Å². The number of amides is 1. The molecule has 4 aliphatic heterocycles. The van der Waals surface area contributed by atoms with Gasteiger partial charge in [-0.3, -0.25) is 4.90 Å². The quantitative estimate of drug-likeness (QED) is 0.801. The van der Waals surface area contributed by atoms with Gasteiger partial charge in [0.15, 0.2) is 0 Å². The van der Waals surface area contributed by atoms with E-state index in [0.29, 0.717) is 18.9 Å². The fraction of sp³-hybridized carbons (Fsp3) is 0.480. The van der Waals surface area contributed by atoms with Crippen molar-refractivity contribution in [2.45, 2.75) is 37.8 Å². The number of nitrogens with zero attached hydrogens (tertiary/aromatic N) is 1. The molecule has 6 heteroatoms. The van der Waals surface area contributed by atoms with Crippen molar-refractivity contribution in [1.82, 2.24) is 10.2 Å². The Morgan fingerprint density at radius 2 is 1.97 bits per heavy atom. The Bertz CT molecular complexity index is 970. The van der Waals surface area contributed by atoms with Crippen LogP contribution in [0.3, 0.4) is 0 Å². The zero-order chi connectivity index (χ0) is 21.4. The number of rotatable bonds is 4. The Kier molecular flexibility index (Phi) is 5.26. The van der Waals surface area contributed by atoms with Crippen LogP contribution in [0.1, 0.15) is 31.7 Å². The fourth-order valence-electron chi connectivity index (χ4n) is 5.15. The van der Waals surface area contributed by atoms with Gasteiger partial charge in [0.25, 0.3) is 0 Å². The maximum absolute atomic E-state index is 12.8. The van der Waals surface area contributed by atoms with Crippen molar-refractivity contribution in [3.63, 3.8) is 0 Å². The van der Waals surface area contributed by atoms with Gasteiger partial charge in [-0.25, -0.2) is 4.79 Å². The van der Waals surface area contributed by atoms with E-state index in [4.69, 9.17) is 14.2 Å². The minimum atomic E-state index is -0.522. The lowest BCUT2D eigenvalue weighted by Gasteiger charge is -2.44. The van der Waals surface area contributed by atoms with E-state index in [-0.39, 0.29) is 12.2 Å². The van der Waals surface area contributed by atoms with Gasteiger partial charge in [-0.15, -0.1) is 0 Å². The lowest BCUT2D eigenvalue weighted by molar-refractivity contribution is -0.0358. The highest BCUT2D eigenvalue weighted by molar-refractivity contribution is 5.71. The van der Waals surface area contributed by atoms with Crippen LogP contribution < -0.4 is 14.8 Å². The number of hydrogen-bond acceptors (Lipinski definition) is 5. The summed E-state index contributed by atoms with van der Waals surface area (Å²) in [5.41, 5.74) is 2.58. The largest absolute Gasteiger partial charge is 0.497 e. The summed E-state index contributed by atoms with van der Waals surface area (Å²) in [4.78, 5) is 15.2. The van der Waals surface area contributed by atoms with Gasteiger partial charge in [0.1, 0.15) is 17.6 Å². The standard InChI is InChI=1S/C25H30N2O4/c1-25(26-24(28)31-23-16-27-11-8-17(23)9-12-27)10-13-30-22-15-19(6-7-21(22)25)18-4-3-5-20(14-18)29-2/h3-7,14-15,17,23H,8-13,16H2,1-2H3,(H,26,28)/t23-,25?/m0/s1. The van der Waals surface area contributed by atoms with Crippen molar-refractivity contribution in [1.29, 1.82) is 0 Å². The van der Waals surface area contributed by atoms with E-state index in [1.807, 2.05) is 24.3 Å². The van der Waals surface area contributed by atoms with E-state index in [2.05, 4.69) is 35.3 Å². The molecular formula is C25H30N2O4. The number of carbonyl (C=O) groups is 1. The number of ether oxygens (including phenoxy) is 3. The molecule has 6 nitrogen and oxygen atoms in total. The highest BCUT2D eigenvalue weighted by Gasteiger charge is 2.39. The normalized spacial score (nSPS) is 28.9. The fourth-order valence-corrected chi connectivity index (χ4v) is 5.15. The second-order valence-corrected chi connectivity index (χ2v) is 9.08. The molecule has 164 valence electrons. The van der Waals surface area contributed by atoms with E-state index in [1.54, 1.807) is 7.11 Å². The van der Waals surface area contributed by atoms with Crippen LogP contribution in [0.15, 0.2) is 42.5 Å². The molecule has 4 aliphatic rings. The molecule has 2 bridgehead atoms.